The van der Waals surface area contributed by atoms with Gasteiger partial charge in [0.15, 0.2) is 11.4 Å². The van der Waals surface area contributed by atoms with E-state index in [1.54, 1.807) is 12.1 Å². The van der Waals surface area contributed by atoms with Crippen LogP contribution in [0.3, 0.4) is 0 Å². The molecule has 0 aliphatic carbocycles. The van der Waals surface area contributed by atoms with Crippen LogP contribution >= 0.6 is 11.3 Å². The molecule has 6 rings (SSSR count). The number of thiazole rings is 1. The first-order chi connectivity index (χ1) is 21.0. The number of aromatic nitrogens is 1. The molecule has 230 valence electrons. The van der Waals surface area contributed by atoms with E-state index in [1.807, 2.05) is 17.0 Å². The third-order valence-electron chi connectivity index (χ3n) is 8.25. The number of hydrogen-bond donors (Lipinski definition) is 1. The van der Waals surface area contributed by atoms with E-state index in [1.165, 1.54) is 46.7 Å². The molecule has 1 atom stereocenters. The SMILES string of the molecule is O=C(NOC1CCCCO1)c1cnc(N2CCN(S(=O)(=O)c3ccc(-c4cccc(CN5CCCCC5)c4)cc3)CC2)s1. The van der Waals surface area contributed by atoms with Crippen LogP contribution in [0.5, 0.6) is 0 Å². The molecule has 43 heavy (non-hydrogen) atoms. The van der Waals surface area contributed by atoms with Crippen molar-refractivity contribution in [3.05, 3.63) is 65.2 Å². The normalized spacial score (nSPS) is 20.7. The van der Waals surface area contributed by atoms with Gasteiger partial charge in [-0.05, 0) is 73.7 Å². The highest BCUT2D eigenvalue weighted by Crippen LogP contribution is 2.28. The zero-order chi connectivity index (χ0) is 29.6. The first kappa shape index (κ1) is 30.2. The van der Waals surface area contributed by atoms with Crippen molar-refractivity contribution in [3.63, 3.8) is 0 Å². The van der Waals surface area contributed by atoms with Crippen molar-refractivity contribution < 1.29 is 22.8 Å². The van der Waals surface area contributed by atoms with Crippen LogP contribution in [0.15, 0.2) is 59.6 Å². The van der Waals surface area contributed by atoms with Gasteiger partial charge in [0.2, 0.25) is 10.0 Å². The van der Waals surface area contributed by atoms with Crippen LogP contribution in [0, 0.1) is 0 Å². The van der Waals surface area contributed by atoms with Crippen molar-refractivity contribution >= 4 is 32.4 Å². The van der Waals surface area contributed by atoms with Crippen molar-refractivity contribution in [1.29, 1.82) is 0 Å². The number of hydrogen-bond acceptors (Lipinski definition) is 9. The predicted molar refractivity (Wildman–Crippen MR) is 166 cm³/mol. The quantitative estimate of drug-likeness (QED) is 0.347. The highest BCUT2D eigenvalue weighted by atomic mass is 32.2. The van der Waals surface area contributed by atoms with E-state index in [0.717, 1.165) is 50.0 Å². The molecule has 1 aromatic heterocycles. The Hall–Kier alpha value is -2.87. The zero-order valence-corrected chi connectivity index (χ0v) is 26.0. The number of nitrogens with zero attached hydrogens (tertiary/aromatic N) is 4. The Balaban J connectivity index is 1.03. The third-order valence-corrected chi connectivity index (χ3v) is 11.2. The van der Waals surface area contributed by atoms with Crippen LogP contribution in [0.4, 0.5) is 5.13 Å². The van der Waals surface area contributed by atoms with Crippen LogP contribution in [0.1, 0.15) is 53.8 Å². The van der Waals surface area contributed by atoms with E-state index in [4.69, 9.17) is 9.57 Å². The van der Waals surface area contributed by atoms with Crippen LogP contribution in [0.25, 0.3) is 11.1 Å². The number of piperazine rings is 1. The van der Waals surface area contributed by atoms with Crippen molar-refractivity contribution in [2.45, 2.75) is 56.3 Å². The first-order valence-electron chi connectivity index (χ1n) is 15.2. The van der Waals surface area contributed by atoms with Crippen molar-refractivity contribution in [2.75, 3.05) is 50.8 Å². The zero-order valence-electron chi connectivity index (χ0n) is 24.3. The highest BCUT2D eigenvalue weighted by molar-refractivity contribution is 7.89. The summed E-state index contributed by atoms with van der Waals surface area (Å²) in [4.78, 5) is 27.5. The molecule has 10 nitrogen and oxygen atoms in total. The number of hydroxylamine groups is 1. The molecule has 2 aromatic carbocycles. The average molecular weight is 626 g/mol. The summed E-state index contributed by atoms with van der Waals surface area (Å²) < 4.78 is 33.9. The minimum absolute atomic E-state index is 0.296. The molecule has 3 fully saturated rings. The van der Waals surface area contributed by atoms with Gasteiger partial charge in [-0.15, -0.1) is 0 Å². The van der Waals surface area contributed by atoms with E-state index >= 15 is 0 Å². The van der Waals surface area contributed by atoms with E-state index < -0.39 is 16.3 Å². The van der Waals surface area contributed by atoms with Gasteiger partial charge in [0.25, 0.3) is 5.91 Å². The molecule has 1 amide bonds. The molecule has 3 saturated heterocycles. The number of anilines is 1. The lowest BCUT2D eigenvalue weighted by Gasteiger charge is -2.33. The second-order valence-electron chi connectivity index (χ2n) is 11.3. The van der Waals surface area contributed by atoms with Crippen molar-refractivity contribution in [1.82, 2.24) is 19.7 Å². The van der Waals surface area contributed by atoms with Gasteiger partial charge < -0.3 is 9.64 Å². The summed E-state index contributed by atoms with van der Waals surface area (Å²) in [5, 5.41) is 0.683. The second-order valence-corrected chi connectivity index (χ2v) is 14.3. The Bertz CT molecular complexity index is 1480. The minimum atomic E-state index is -3.63. The third kappa shape index (κ3) is 7.44. The number of piperidine rings is 1. The van der Waals surface area contributed by atoms with Gasteiger partial charge in [-0.1, -0.05) is 48.1 Å². The Morgan fingerprint density at radius 1 is 0.953 bits per heavy atom. The molecule has 12 heteroatoms. The van der Waals surface area contributed by atoms with Crippen molar-refractivity contribution in [3.8, 4) is 11.1 Å². The second kappa shape index (κ2) is 13.8. The lowest BCUT2D eigenvalue weighted by molar-refractivity contribution is -0.186. The molecular weight excluding hydrogens is 587 g/mol. The summed E-state index contributed by atoms with van der Waals surface area (Å²) in [6.45, 7) is 5.54. The molecule has 3 aromatic rings. The average Bonchev–Trinajstić information content (AvgIpc) is 3.56. The molecule has 3 aliphatic rings. The Labute approximate surface area is 257 Å². The number of amides is 1. The molecule has 1 unspecified atom stereocenters. The largest absolute Gasteiger partial charge is 0.350 e. The number of rotatable bonds is 9. The van der Waals surface area contributed by atoms with Gasteiger partial charge in [-0.25, -0.2) is 23.7 Å². The number of carbonyl (C=O) groups is 1. The lowest BCUT2D eigenvalue weighted by Crippen LogP contribution is -2.48. The minimum Gasteiger partial charge on any atom is -0.350 e. The number of likely N-dealkylation sites (tertiary alicyclic amines) is 1. The summed E-state index contributed by atoms with van der Waals surface area (Å²) in [6.07, 6.45) is 7.71. The van der Waals surface area contributed by atoms with E-state index in [0.29, 0.717) is 47.7 Å². The summed E-state index contributed by atoms with van der Waals surface area (Å²) in [6, 6.07) is 15.8. The lowest BCUT2D eigenvalue weighted by atomic mass is 10.0. The fourth-order valence-corrected chi connectivity index (χ4v) is 8.08. The Morgan fingerprint density at radius 2 is 1.74 bits per heavy atom. The van der Waals surface area contributed by atoms with Crippen LogP contribution in [-0.2, 0) is 26.1 Å². The maximum absolute atomic E-state index is 13.5. The molecule has 1 N–H and O–H groups in total. The number of benzene rings is 2. The number of ether oxygens (including phenoxy) is 1. The van der Waals surface area contributed by atoms with Crippen molar-refractivity contribution in [2.24, 2.45) is 0 Å². The summed E-state index contributed by atoms with van der Waals surface area (Å²) in [7, 11) is -3.63. The maximum atomic E-state index is 13.5. The predicted octanol–water partition coefficient (Wildman–Crippen LogP) is 4.49. The topological polar surface area (TPSA) is 104 Å². The number of nitrogens with one attached hydrogen (secondary N) is 1. The number of carbonyl (C=O) groups excluding carboxylic acids is 1. The van der Waals surface area contributed by atoms with E-state index in [9.17, 15) is 13.2 Å². The number of sulfonamides is 1. The van der Waals surface area contributed by atoms with Gasteiger partial charge in [-0.2, -0.15) is 4.31 Å². The first-order valence-corrected chi connectivity index (χ1v) is 17.4. The Kier molecular flexibility index (Phi) is 9.71. The monoisotopic (exact) mass is 625 g/mol. The molecule has 0 saturated carbocycles. The molecule has 0 bridgehead atoms. The fraction of sp³-hybridized carbons (Fsp3) is 0.484. The van der Waals surface area contributed by atoms with Gasteiger partial charge in [-0.3, -0.25) is 9.69 Å². The van der Waals surface area contributed by atoms with E-state index in [-0.39, 0.29) is 5.91 Å². The molecule has 4 heterocycles. The Morgan fingerprint density at radius 3 is 2.49 bits per heavy atom. The van der Waals surface area contributed by atoms with Crippen LogP contribution in [0.2, 0.25) is 0 Å². The van der Waals surface area contributed by atoms with Crippen LogP contribution in [-0.4, -0.2) is 80.7 Å². The standard InChI is InChI=1S/C31H39N5O5S2/c37-30(33-41-29-9-2-5-20-40-29)28-22-32-31(42-28)35-16-18-36(19-17-35)43(38,39)27-12-10-25(11-13-27)26-8-6-7-24(21-26)23-34-14-3-1-4-15-34/h6-8,10-13,21-22,29H,1-5,9,14-20,23H2,(H,33,37). The van der Waals surface area contributed by atoms with Gasteiger partial charge in [0.1, 0.15) is 4.88 Å². The van der Waals surface area contributed by atoms with Gasteiger partial charge in [0, 0.05) is 45.8 Å². The summed E-state index contributed by atoms with van der Waals surface area (Å²) in [5.41, 5.74) is 5.84. The van der Waals surface area contributed by atoms with E-state index in [2.05, 4.69) is 39.6 Å². The summed E-state index contributed by atoms with van der Waals surface area (Å²) >= 11 is 1.26. The fourth-order valence-electron chi connectivity index (χ4n) is 5.80. The molecule has 0 radical (unpaired) electrons. The van der Waals surface area contributed by atoms with Gasteiger partial charge in [0.05, 0.1) is 11.1 Å². The maximum Gasteiger partial charge on any atom is 0.286 e. The highest BCUT2D eigenvalue weighted by Gasteiger charge is 2.30. The summed E-state index contributed by atoms with van der Waals surface area (Å²) in [5.74, 6) is -0.365. The molecule has 3 aliphatic heterocycles. The smallest absolute Gasteiger partial charge is 0.286 e. The molecular formula is C31H39N5O5S2. The van der Waals surface area contributed by atoms with Crippen LogP contribution < -0.4 is 10.4 Å². The van der Waals surface area contributed by atoms with Gasteiger partial charge >= 0.3 is 0 Å². The molecule has 0 spiro atoms.